The van der Waals surface area contributed by atoms with E-state index in [1.807, 2.05) is 0 Å². The molecule has 0 aliphatic carbocycles. The zero-order chi connectivity index (χ0) is 11.2. The first-order valence-electron chi connectivity index (χ1n) is 3.67. The number of nitrogens with zero attached hydrogens (tertiary/aromatic N) is 2. The number of aromatic nitrogens is 2. The normalized spacial score (nSPS) is 12.2. The van der Waals surface area contributed by atoms with Gasteiger partial charge in [-0.2, -0.15) is 5.10 Å². The van der Waals surface area contributed by atoms with E-state index in [0.29, 0.717) is 5.52 Å². The van der Waals surface area contributed by atoms with Crippen molar-refractivity contribution in [3.05, 3.63) is 28.5 Å². The van der Waals surface area contributed by atoms with Crippen LogP contribution in [0, 0.1) is 0 Å². The number of halogens is 3. The molecule has 2 aromatic heterocycles. The van der Waals surface area contributed by atoms with Crippen LogP contribution in [0.1, 0.15) is 0 Å². The molecule has 15 heavy (non-hydrogen) atoms. The van der Waals surface area contributed by atoms with Gasteiger partial charge in [-0.25, -0.2) is 12.9 Å². The number of rotatable bonds is 1. The zero-order valence-electron chi connectivity index (χ0n) is 6.99. The average molecular weight is 286 g/mol. The fourth-order valence-electron chi connectivity index (χ4n) is 1.16. The van der Waals surface area contributed by atoms with Gasteiger partial charge in [-0.1, -0.05) is 23.2 Å². The van der Waals surface area contributed by atoms with E-state index in [-0.39, 0.29) is 15.1 Å². The second-order valence-corrected chi connectivity index (χ2v) is 6.02. The van der Waals surface area contributed by atoms with E-state index in [2.05, 4.69) is 5.10 Å². The molecule has 2 heterocycles. The molecule has 8 heteroatoms. The maximum absolute atomic E-state index is 11.1. The first kappa shape index (κ1) is 11.0. The molecule has 0 fully saturated rings. The van der Waals surface area contributed by atoms with E-state index in [9.17, 15) is 8.42 Å². The number of pyridine rings is 1. The minimum absolute atomic E-state index is 0.0947. The lowest BCUT2D eigenvalue weighted by atomic mass is 10.4. The summed E-state index contributed by atoms with van der Waals surface area (Å²) in [5, 5.41) is 4.20. The summed E-state index contributed by atoms with van der Waals surface area (Å²) in [7, 11) is 1.39. The fourth-order valence-corrected chi connectivity index (χ4v) is 2.44. The van der Waals surface area contributed by atoms with E-state index < -0.39 is 9.05 Å². The van der Waals surface area contributed by atoms with Crippen molar-refractivity contribution >= 4 is 48.5 Å². The standard InChI is InChI=1S/C7H3Cl3N2O2S/c8-4-1-2-5-6(15(10,13)14)3-11-12(5)7(4)9/h1-3H. The molecule has 0 amide bonds. The lowest BCUT2D eigenvalue weighted by molar-refractivity contribution is 0.610. The summed E-state index contributed by atoms with van der Waals surface area (Å²) < 4.78 is 23.5. The third kappa shape index (κ3) is 1.80. The van der Waals surface area contributed by atoms with E-state index >= 15 is 0 Å². The van der Waals surface area contributed by atoms with Crippen LogP contribution in [0.15, 0.2) is 23.2 Å². The highest BCUT2D eigenvalue weighted by molar-refractivity contribution is 8.13. The lowest BCUT2D eigenvalue weighted by Crippen LogP contribution is -1.92. The highest BCUT2D eigenvalue weighted by Crippen LogP contribution is 2.27. The molecule has 0 aromatic carbocycles. The van der Waals surface area contributed by atoms with Crippen LogP contribution < -0.4 is 0 Å². The summed E-state index contributed by atoms with van der Waals surface area (Å²) >= 11 is 11.6. The molecule has 0 radical (unpaired) electrons. The van der Waals surface area contributed by atoms with Gasteiger partial charge >= 0.3 is 0 Å². The van der Waals surface area contributed by atoms with Gasteiger partial charge in [0.15, 0.2) is 0 Å². The first-order valence-corrected chi connectivity index (χ1v) is 6.74. The molecule has 2 aromatic rings. The summed E-state index contributed by atoms with van der Waals surface area (Å²) in [6.07, 6.45) is 1.12. The quantitative estimate of drug-likeness (QED) is 0.598. The zero-order valence-corrected chi connectivity index (χ0v) is 10.1. The fraction of sp³-hybridized carbons (Fsp3) is 0. The molecule has 0 atom stereocenters. The van der Waals surface area contributed by atoms with E-state index in [4.69, 9.17) is 33.9 Å². The molecular formula is C7H3Cl3N2O2S. The minimum Gasteiger partial charge on any atom is -0.219 e. The topological polar surface area (TPSA) is 51.4 Å². The van der Waals surface area contributed by atoms with E-state index in [0.717, 1.165) is 6.20 Å². The second-order valence-electron chi connectivity index (χ2n) is 2.72. The summed E-state index contributed by atoms with van der Waals surface area (Å²) in [6, 6.07) is 2.96. The Hall–Kier alpha value is -0.490. The van der Waals surface area contributed by atoms with Gasteiger partial charge in [0, 0.05) is 10.7 Å². The van der Waals surface area contributed by atoms with Gasteiger partial charge in [-0.3, -0.25) is 0 Å². The van der Waals surface area contributed by atoms with E-state index in [1.54, 1.807) is 0 Å². The van der Waals surface area contributed by atoms with Crippen molar-refractivity contribution < 1.29 is 8.42 Å². The predicted octanol–water partition coefficient (Wildman–Crippen LogP) is 2.57. The van der Waals surface area contributed by atoms with Gasteiger partial charge in [-0.05, 0) is 12.1 Å². The Morgan fingerprint density at radius 1 is 1.27 bits per heavy atom. The van der Waals surface area contributed by atoms with Crippen LogP contribution >= 0.6 is 33.9 Å². The molecule has 0 aliphatic rings. The Bertz CT molecular complexity index is 635. The Morgan fingerprint density at radius 3 is 2.53 bits per heavy atom. The molecule has 0 saturated carbocycles. The van der Waals surface area contributed by atoms with Gasteiger partial charge < -0.3 is 0 Å². The monoisotopic (exact) mass is 284 g/mol. The molecule has 0 aliphatic heterocycles. The summed E-state index contributed by atoms with van der Waals surface area (Å²) in [4.78, 5) is -0.0947. The molecule has 0 bridgehead atoms. The van der Waals surface area contributed by atoms with Crippen molar-refractivity contribution in [2.24, 2.45) is 0 Å². The van der Waals surface area contributed by atoms with Crippen LogP contribution in [0.25, 0.3) is 5.52 Å². The van der Waals surface area contributed by atoms with Crippen molar-refractivity contribution in [1.82, 2.24) is 9.61 Å². The largest absolute Gasteiger partial charge is 0.265 e. The van der Waals surface area contributed by atoms with Crippen molar-refractivity contribution in [1.29, 1.82) is 0 Å². The van der Waals surface area contributed by atoms with Crippen LogP contribution in [0.3, 0.4) is 0 Å². The average Bonchev–Trinajstić information content (AvgIpc) is 2.54. The molecule has 0 N–H and O–H groups in total. The third-order valence-corrected chi connectivity index (χ3v) is 3.91. The molecule has 80 valence electrons. The van der Waals surface area contributed by atoms with Crippen LogP contribution in [0.2, 0.25) is 10.2 Å². The summed E-state index contributed by atoms with van der Waals surface area (Å²) in [5.74, 6) is 0. The predicted molar refractivity (Wildman–Crippen MR) is 58.3 cm³/mol. The lowest BCUT2D eigenvalue weighted by Gasteiger charge is -1.99. The van der Waals surface area contributed by atoms with Gasteiger partial charge in [-0.15, -0.1) is 0 Å². The Labute approximate surface area is 99.8 Å². The maximum atomic E-state index is 11.1. The summed E-state index contributed by atoms with van der Waals surface area (Å²) in [5.41, 5.74) is 0.291. The van der Waals surface area contributed by atoms with Crippen molar-refractivity contribution in [3.63, 3.8) is 0 Å². The molecule has 2 rings (SSSR count). The van der Waals surface area contributed by atoms with Gasteiger partial charge in [0.1, 0.15) is 10.0 Å². The second kappa shape index (κ2) is 3.52. The van der Waals surface area contributed by atoms with Gasteiger partial charge in [0.05, 0.1) is 16.7 Å². The van der Waals surface area contributed by atoms with Crippen LogP contribution in [-0.4, -0.2) is 18.0 Å². The Morgan fingerprint density at radius 2 is 1.93 bits per heavy atom. The Kier molecular flexibility index (Phi) is 2.58. The SMILES string of the molecule is O=S(=O)(Cl)c1cnn2c(Cl)c(Cl)ccc12. The number of hydrogen-bond donors (Lipinski definition) is 0. The first-order chi connectivity index (χ1) is 6.91. The third-order valence-electron chi connectivity index (χ3n) is 1.80. The number of hydrogen-bond acceptors (Lipinski definition) is 3. The van der Waals surface area contributed by atoms with Crippen molar-refractivity contribution in [2.75, 3.05) is 0 Å². The highest BCUT2D eigenvalue weighted by Gasteiger charge is 2.18. The minimum atomic E-state index is -3.83. The highest BCUT2D eigenvalue weighted by atomic mass is 35.7. The van der Waals surface area contributed by atoms with Crippen molar-refractivity contribution in [2.45, 2.75) is 4.90 Å². The molecule has 0 saturated heterocycles. The summed E-state index contributed by atoms with van der Waals surface area (Å²) in [6.45, 7) is 0. The molecule has 4 nitrogen and oxygen atoms in total. The number of fused-ring (bicyclic) bond motifs is 1. The van der Waals surface area contributed by atoms with Crippen LogP contribution in [-0.2, 0) is 9.05 Å². The Balaban J connectivity index is 2.90. The van der Waals surface area contributed by atoms with E-state index in [1.165, 1.54) is 16.6 Å². The molecule has 0 unspecified atom stereocenters. The molecular weight excluding hydrogens is 283 g/mol. The van der Waals surface area contributed by atoms with Crippen LogP contribution in [0.5, 0.6) is 0 Å². The maximum Gasteiger partial charge on any atom is 0.265 e. The van der Waals surface area contributed by atoms with Gasteiger partial charge in [0.2, 0.25) is 0 Å². The van der Waals surface area contributed by atoms with Gasteiger partial charge in [0.25, 0.3) is 9.05 Å². The smallest absolute Gasteiger partial charge is 0.219 e. The molecule has 0 spiro atoms. The van der Waals surface area contributed by atoms with Crippen LogP contribution in [0.4, 0.5) is 0 Å². The van der Waals surface area contributed by atoms with Crippen molar-refractivity contribution in [3.8, 4) is 0 Å².